The number of H-pyrrole nitrogens is 1. The van der Waals surface area contributed by atoms with Gasteiger partial charge in [-0.25, -0.2) is 22.5 Å². The number of aliphatic carboxylic acids is 1. The van der Waals surface area contributed by atoms with E-state index < -0.39 is 52.5 Å². The minimum atomic E-state index is -4.98. The van der Waals surface area contributed by atoms with Gasteiger partial charge in [0.05, 0.1) is 6.04 Å². The number of thiazole rings is 1. The van der Waals surface area contributed by atoms with E-state index >= 15 is 0 Å². The molecule has 0 saturated carbocycles. The number of hydrogen-bond acceptors (Lipinski definition) is 10. The molecule has 15 heteroatoms. The standard InChI is InChI=1S/C11H13N5O8S2/c1-4-7(10(20)16(4)26(21,22)23)14-9(19)8(15-24-2-6(17)18)5-3-25-11(12)13-5/h3-4,7H,2H2,1H3,(H2,12,13)(H,14,19)(H,17,18)(H,21,22,23)/b15-8-/t4-,7-/m0/s1. The number of nitrogen functional groups attached to an aromatic ring is 1. The molecule has 2 heterocycles. The molecule has 1 aliphatic heterocycles. The van der Waals surface area contributed by atoms with Crippen LogP contribution >= 0.6 is 11.3 Å². The first-order valence-corrected chi connectivity index (χ1v) is 9.05. The average molecular weight is 407 g/mol. The lowest BCUT2D eigenvalue weighted by Gasteiger charge is -2.45. The van der Waals surface area contributed by atoms with Gasteiger partial charge >= 0.3 is 11.1 Å². The third-order valence-corrected chi connectivity index (χ3v) is 4.94. The Balaban J connectivity index is 2.17. The fourth-order valence-corrected chi connectivity index (χ4v) is 3.54. The third-order valence-electron chi connectivity index (χ3n) is 3.24. The Morgan fingerprint density at radius 2 is 2.23 bits per heavy atom. The second-order valence-electron chi connectivity index (χ2n) is 5.03. The number of nitrogens with one attached hydrogen (secondary N) is 2. The molecular formula is C11H13N5O8S2. The largest absolute Gasteiger partial charge is 0.731 e. The van der Waals surface area contributed by atoms with E-state index in [0.717, 1.165) is 11.3 Å². The molecule has 1 aromatic rings. The first-order chi connectivity index (χ1) is 12.0. The molecule has 1 fully saturated rings. The monoisotopic (exact) mass is 407 g/mol. The highest BCUT2D eigenvalue weighted by molar-refractivity contribution is 7.84. The summed E-state index contributed by atoms with van der Waals surface area (Å²) in [4.78, 5) is 41.7. The van der Waals surface area contributed by atoms with E-state index in [9.17, 15) is 27.4 Å². The first kappa shape index (κ1) is 19.5. The zero-order valence-corrected chi connectivity index (χ0v) is 14.7. The Morgan fingerprint density at radius 1 is 1.58 bits per heavy atom. The number of carboxylic acids is 1. The summed E-state index contributed by atoms with van der Waals surface area (Å²) in [7, 11) is -4.98. The molecule has 1 aliphatic rings. The third kappa shape index (κ3) is 4.06. The summed E-state index contributed by atoms with van der Waals surface area (Å²) < 4.78 is 32.9. The Labute approximate surface area is 150 Å². The number of carbonyl (C=O) groups excluding carboxylic acids is 2. The van der Waals surface area contributed by atoms with Gasteiger partial charge in [-0.15, -0.1) is 0 Å². The van der Waals surface area contributed by atoms with Crippen LogP contribution in [0, 0.1) is 0 Å². The topological polar surface area (TPSA) is 206 Å². The van der Waals surface area contributed by atoms with Crippen molar-refractivity contribution in [2.24, 2.45) is 5.16 Å². The second-order valence-corrected chi connectivity index (χ2v) is 7.19. The number of anilines is 1. The van der Waals surface area contributed by atoms with Crippen molar-refractivity contribution in [3.63, 3.8) is 0 Å². The maximum Gasteiger partial charge on any atom is 0.344 e. The van der Waals surface area contributed by atoms with Gasteiger partial charge in [0.2, 0.25) is 12.3 Å². The van der Waals surface area contributed by atoms with Crippen LogP contribution in [0.5, 0.6) is 0 Å². The number of oxime groups is 1. The lowest BCUT2D eigenvalue weighted by atomic mass is 10.0. The Morgan fingerprint density at radius 3 is 2.69 bits per heavy atom. The fraction of sp³-hybridized carbons (Fsp3) is 0.364. The number of carboxylic acid groups (broad SMARTS) is 1. The van der Waals surface area contributed by atoms with Crippen molar-refractivity contribution in [2.45, 2.75) is 19.0 Å². The van der Waals surface area contributed by atoms with Crippen molar-refractivity contribution in [2.75, 3.05) is 12.3 Å². The maximum atomic E-state index is 12.4. The molecule has 1 saturated heterocycles. The highest BCUT2D eigenvalue weighted by Gasteiger charge is 2.49. The number of aromatic nitrogens is 1. The molecular weight excluding hydrogens is 394 g/mol. The molecule has 0 radical (unpaired) electrons. The van der Waals surface area contributed by atoms with E-state index in [4.69, 9.17) is 10.8 Å². The summed E-state index contributed by atoms with van der Waals surface area (Å²) in [5.41, 5.74) is 5.19. The zero-order valence-electron chi connectivity index (χ0n) is 13.0. The van der Waals surface area contributed by atoms with Crippen molar-refractivity contribution in [1.29, 1.82) is 0 Å². The molecule has 0 aliphatic carbocycles. The van der Waals surface area contributed by atoms with Crippen LogP contribution in [0.1, 0.15) is 12.6 Å². The predicted molar refractivity (Wildman–Crippen MR) is 83.3 cm³/mol. The van der Waals surface area contributed by atoms with Crippen LogP contribution in [0.3, 0.4) is 0 Å². The van der Waals surface area contributed by atoms with Crippen molar-refractivity contribution in [3.8, 4) is 0 Å². The predicted octanol–water partition coefficient (Wildman–Crippen LogP) is -2.87. The fourth-order valence-electron chi connectivity index (χ4n) is 2.10. The van der Waals surface area contributed by atoms with Gasteiger partial charge in [0, 0.05) is 5.38 Å². The Bertz CT molecular complexity index is 879. The molecule has 26 heavy (non-hydrogen) atoms. The van der Waals surface area contributed by atoms with Crippen LogP contribution in [-0.2, 0) is 29.5 Å². The highest BCUT2D eigenvalue weighted by atomic mass is 32.2. The maximum absolute atomic E-state index is 12.4. The minimum Gasteiger partial charge on any atom is -0.731 e. The number of β-lactam (4-membered cyclic amide) rings is 1. The van der Waals surface area contributed by atoms with E-state index in [1.165, 1.54) is 12.3 Å². The number of nitrogens with zero attached hydrogens (tertiary/aromatic N) is 2. The SMILES string of the molecule is C[C@H]1[C@H](NC(=O)/C(=N\OCC(=O)O)c2csc(N)[nH+]2)C(=O)N1S(=O)(=O)[O-]. The van der Waals surface area contributed by atoms with Crippen LogP contribution in [0.2, 0.25) is 0 Å². The summed E-state index contributed by atoms with van der Waals surface area (Å²) in [5, 5.41) is 15.8. The van der Waals surface area contributed by atoms with E-state index in [1.54, 1.807) is 0 Å². The van der Waals surface area contributed by atoms with E-state index in [2.05, 4.69) is 20.3 Å². The highest BCUT2D eigenvalue weighted by Crippen LogP contribution is 2.23. The molecule has 2 rings (SSSR count). The molecule has 13 nitrogen and oxygen atoms in total. The van der Waals surface area contributed by atoms with Gasteiger partial charge in [-0.3, -0.25) is 15.3 Å². The number of rotatable bonds is 7. The molecule has 0 aromatic carbocycles. The summed E-state index contributed by atoms with van der Waals surface area (Å²) in [6.45, 7) is 0.436. The summed E-state index contributed by atoms with van der Waals surface area (Å²) in [5.74, 6) is -3.39. The van der Waals surface area contributed by atoms with Gasteiger partial charge in [0.1, 0.15) is 6.04 Å². The van der Waals surface area contributed by atoms with Crippen LogP contribution in [-0.4, -0.2) is 64.6 Å². The van der Waals surface area contributed by atoms with Gasteiger partial charge in [-0.05, 0) is 6.92 Å². The summed E-state index contributed by atoms with van der Waals surface area (Å²) >= 11 is 1.03. The van der Waals surface area contributed by atoms with Gasteiger partial charge in [-0.2, -0.15) is 0 Å². The number of amides is 2. The summed E-state index contributed by atoms with van der Waals surface area (Å²) in [6.07, 6.45) is 0. The Kier molecular flexibility index (Phi) is 5.43. The summed E-state index contributed by atoms with van der Waals surface area (Å²) in [6, 6.07) is -2.36. The van der Waals surface area contributed by atoms with Crippen molar-refractivity contribution in [3.05, 3.63) is 11.1 Å². The molecule has 5 N–H and O–H groups in total. The van der Waals surface area contributed by atoms with Gasteiger partial charge in [0.25, 0.3) is 11.8 Å². The molecule has 1 aromatic heterocycles. The number of aromatic amines is 1. The number of hydrogen-bond donors (Lipinski definition) is 3. The van der Waals surface area contributed by atoms with E-state index in [1.807, 2.05) is 0 Å². The van der Waals surface area contributed by atoms with Crippen LogP contribution < -0.4 is 16.0 Å². The van der Waals surface area contributed by atoms with Gasteiger partial charge in [-0.1, -0.05) is 16.5 Å². The van der Waals surface area contributed by atoms with Crippen molar-refractivity contribution >= 4 is 50.3 Å². The van der Waals surface area contributed by atoms with Crippen LogP contribution in [0.25, 0.3) is 0 Å². The lowest BCUT2D eigenvalue weighted by molar-refractivity contribution is -0.356. The molecule has 0 unspecified atom stereocenters. The van der Waals surface area contributed by atoms with E-state index in [0.29, 0.717) is 0 Å². The first-order valence-electron chi connectivity index (χ1n) is 6.80. The quantitative estimate of drug-likeness (QED) is 0.183. The van der Waals surface area contributed by atoms with Gasteiger partial charge < -0.3 is 19.8 Å². The second kappa shape index (κ2) is 7.22. The van der Waals surface area contributed by atoms with Gasteiger partial charge in [0.15, 0.2) is 16.0 Å². The normalized spacial score (nSPS) is 20.5. The average Bonchev–Trinajstić information content (AvgIpc) is 2.93. The number of nitrogens with two attached hydrogens (primary N) is 1. The van der Waals surface area contributed by atoms with E-state index in [-0.39, 0.29) is 15.1 Å². The molecule has 0 bridgehead atoms. The zero-order chi connectivity index (χ0) is 19.6. The molecule has 0 spiro atoms. The molecule has 2 atom stereocenters. The van der Waals surface area contributed by atoms with Crippen LogP contribution in [0.15, 0.2) is 10.5 Å². The molecule has 2 amide bonds. The smallest absolute Gasteiger partial charge is 0.344 e. The van der Waals surface area contributed by atoms with Crippen molar-refractivity contribution in [1.82, 2.24) is 9.62 Å². The molecule has 142 valence electrons. The Hall–Kier alpha value is -2.78. The van der Waals surface area contributed by atoms with Crippen molar-refractivity contribution < 1.29 is 42.3 Å². The lowest BCUT2D eigenvalue weighted by Crippen LogP contribution is -2.71. The number of carbonyl (C=O) groups is 3. The minimum absolute atomic E-state index is 0.0862. The van der Waals surface area contributed by atoms with Crippen LogP contribution in [0.4, 0.5) is 5.13 Å².